The molecule has 4 nitrogen and oxygen atoms in total. The lowest BCUT2D eigenvalue weighted by Gasteiger charge is -2.20. The van der Waals surface area contributed by atoms with Gasteiger partial charge in [-0.1, -0.05) is 44.2 Å². The maximum absolute atomic E-state index is 13.1. The van der Waals surface area contributed by atoms with E-state index in [1.807, 2.05) is 13.8 Å². The van der Waals surface area contributed by atoms with E-state index >= 15 is 0 Å². The Morgan fingerprint density at radius 3 is 2.16 bits per heavy atom. The fourth-order valence-electron chi connectivity index (χ4n) is 3.01. The smallest absolute Gasteiger partial charge is 0.313 e. The van der Waals surface area contributed by atoms with Gasteiger partial charge in [-0.25, -0.2) is 13.8 Å². The molecule has 166 valence electrons. The Balaban J connectivity index is 1.67. The average Bonchev–Trinajstić information content (AvgIpc) is 2.77. The topological polar surface area (TPSA) is 48.4 Å². The van der Waals surface area contributed by atoms with Crippen molar-refractivity contribution in [2.75, 3.05) is 0 Å². The average molecular weight is 437 g/mol. The standard InChI is InChI=1S/C26H25F2NO3/c1-17(2)23(16-9-19-7-10-20(27)11-8-19)26(30)31-18(3)24-5-4-6-25(29-24)32-22-14-12-21(28)13-15-22/h4-18,23H,1-3H3/b16-9+. The quantitative estimate of drug-likeness (QED) is 0.366. The van der Waals surface area contributed by atoms with Crippen LogP contribution in [0.3, 0.4) is 0 Å². The van der Waals surface area contributed by atoms with Crippen LogP contribution in [-0.2, 0) is 9.53 Å². The summed E-state index contributed by atoms with van der Waals surface area (Å²) >= 11 is 0. The lowest BCUT2D eigenvalue weighted by Crippen LogP contribution is -2.22. The van der Waals surface area contributed by atoms with Crippen LogP contribution in [0.25, 0.3) is 6.08 Å². The van der Waals surface area contributed by atoms with Gasteiger partial charge < -0.3 is 9.47 Å². The van der Waals surface area contributed by atoms with Gasteiger partial charge in [0.05, 0.1) is 11.6 Å². The van der Waals surface area contributed by atoms with Crippen molar-refractivity contribution in [3.05, 3.63) is 95.7 Å². The van der Waals surface area contributed by atoms with Gasteiger partial charge >= 0.3 is 5.97 Å². The third-order valence-corrected chi connectivity index (χ3v) is 4.85. The lowest BCUT2D eigenvalue weighted by molar-refractivity contribution is -0.153. The SMILES string of the molecule is CC(OC(=O)C(/C=C/c1ccc(F)cc1)C(C)C)c1cccc(Oc2ccc(F)cc2)n1. The van der Waals surface area contributed by atoms with Crippen LogP contribution in [0.5, 0.6) is 11.6 Å². The Bertz CT molecular complexity index is 1060. The van der Waals surface area contributed by atoms with Gasteiger partial charge in [-0.2, -0.15) is 0 Å². The van der Waals surface area contributed by atoms with Crippen molar-refractivity contribution in [3.63, 3.8) is 0 Å². The first kappa shape index (κ1) is 23.1. The maximum Gasteiger partial charge on any atom is 0.313 e. The molecule has 0 aliphatic rings. The summed E-state index contributed by atoms with van der Waals surface area (Å²) in [6.45, 7) is 5.60. The maximum atomic E-state index is 13.1. The van der Waals surface area contributed by atoms with Crippen LogP contribution in [-0.4, -0.2) is 11.0 Å². The molecule has 0 amide bonds. The van der Waals surface area contributed by atoms with Crippen molar-refractivity contribution >= 4 is 12.0 Å². The fraction of sp³-hybridized carbons (Fsp3) is 0.231. The minimum atomic E-state index is -0.597. The minimum absolute atomic E-state index is 0.00695. The normalized spacial score (nSPS) is 13.2. The summed E-state index contributed by atoms with van der Waals surface area (Å²) in [5.41, 5.74) is 1.33. The molecule has 0 saturated heterocycles. The molecule has 0 spiro atoms. The van der Waals surface area contributed by atoms with E-state index in [1.165, 1.54) is 36.4 Å². The highest BCUT2D eigenvalue weighted by Crippen LogP contribution is 2.25. The molecular formula is C26H25F2NO3. The zero-order valence-electron chi connectivity index (χ0n) is 18.2. The van der Waals surface area contributed by atoms with Gasteiger partial charge in [-0.3, -0.25) is 4.79 Å². The molecular weight excluding hydrogens is 412 g/mol. The monoisotopic (exact) mass is 437 g/mol. The van der Waals surface area contributed by atoms with Crippen LogP contribution in [0.15, 0.2) is 72.8 Å². The highest BCUT2D eigenvalue weighted by atomic mass is 19.1. The molecule has 3 rings (SSSR count). The molecule has 32 heavy (non-hydrogen) atoms. The highest BCUT2D eigenvalue weighted by Gasteiger charge is 2.24. The van der Waals surface area contributed by atoms with Crippen LogP contribution >= 0.6 is 0 Å². The highest BCUT2D eigenvalue weighted by molar-refractivity contribution is 5.76. The van der Waals surface area contributed by atoms with E-state index in [4.69, 9.17) is 9.47 Å². The molecule has 0 aliphatic carbocycles. The number of nitrogens with zero attached hydrogens (tertiary/aromatic N) is 1. The molecule has 3 aromatic rings. The van der Waals surface area contributed by atoms with Crippen molar-refractivity contribution in [3.8, 4) is 11.6 Å². The Kier molecular flexibility index (Phi) is 7.71. The number of aromatic nitrogens is 1. The zero-order valence-corrected chi connectivity index (χ0v) is 18.2. The van der Waals surface area contributed by atoms with E-state index in [0.29, 0.717) is 17.3 Å². The van der Waals surface area contributed by atoms with E-state index in [2.05, 4.69) is 4.98 Å². The van der Waals surface area contributed by atoms with Gasteiger partial charge in [0, 0.05) is 6.07 Å². The Hall–Kier alpha value is -3.54. The van der Waals surface area contributed by atoms with E-state index in [9.17, 15) is 13.6 Å². The summed E-state index contributed by atoms with van der Waals surface area (Å²) in [6, 6.07) is 16.8. The summed E-state index contributed by atoms with van der Waals surface area (Å²) in [6.07, 6.45) is 2.96. The van der Waals surface area contributed by atoms with Gasteiger partial charge in [0.2, 0.25) is 5.88 Å². The Morgan fingerprint density at radius 2 is 1.53 bits per heavy atom. The zero-order chi connectivity index (χ0) is 23.1. The molecule has 2 atom stereocenters. The first-order valence-electron chi connectivity index (χ1n) is 10.4. The molecule has 0 fully saturated rings. The molecule has 2 aromatic carbocycles. The number of ether oxygens (including phenoxy) is 2. The van der Waals surface area contributed by atoms with Gasteiger partial charge in [0.1, 0.15) is 23.5 Å². The number of benzene rings is 2. The number of carbonyl (C=O) groups excluding carboxylic acids is 1. The lowest BCUT2D eigenvalue weighted by atomic mass is 9.94. The molecule has 1 aromatic heterocycles. The minimum Gasteiger partial charge on any atom is -0.456 e. The number of halogens is 2. The largest absolute Gasteiger partial charge is 0.456 e. The van der Waals surface area contributed by atoms with Crippen LogP contribution in [0.1, 0.15) is 38.1 Å². The van der Waals surface area contributed by atoms with E-state index in [1.54, 1.807) is 49.4 Å². The van der Waals surface area contributed by atoms with Crippen molar-refractivity contribution in [1.29, 1.82) is 0 Å². The number of carbonyl (C=O) groups is 1. The third kappa shape index (κ3) is 6.48. The molecule has 0 saturated carbocycles. The number of pyridine rings is 1. The van der Waals surface area contributed by atoms with Crippen molar-refractivity contribution in [2.45, 2.75) is 26.9 Å². The summed E-state index contributed by atoms with van der Waals surface area (Å²) in [5.74, 6) is -0.743. The van der Waals surface area contributed by atoms with Crippen molar-refractivity contribution in [2.24, 2.45) is 11.8 Å². The van der Waals surface area contributed by atoms with Gasteiger partial charge in [-0.15, -0.1) is 0 Å². The summed E-state index contributed by atoms with van der Waals surface area (Å²) in [4.78, 5) is 17.2. The molecule has 0 aliphatic heterocycles. The molecule has 0 radical (unpaired) electrons. The van der Waals surface area contributed by atoms with E-state index in [0.717, 1.165) is 5.56 Å². The second-order valence-electron chi connectivity index (χ2n) is 7.72. The fourth-order valence-corrected chi connectivity index (χ4v) is 3.01. The predicted octanol–water partition coefficient (Wildman–Crippen LogP) is 6.74. The van der Waals surface area contributed by atoms with Gasteiger partial charge in [0.15, 0.2) is 0 Å². The Labute approximate surface area is 186 Å². The van der Waals surface area contributed by atoms with Crippen LogP contribution in [0.2, 0.25) is 0 Å². The summed E-state index contributed by atoms with van der Waals surface area (Å²) in [7, 11) is 0. The predicted molar refractivity (Wildman–Crippen MR) is 119 cm³/mol. The third-order valence-electron chi connectivity index (χ3n) is 4.85. The number of esters is 1. The summed E-state index contributed by atoms with van der Waals surface area (Å²) < 4.78 is 37.5. The van der Waals surface area contributed by atoms with E-state index in [-0.39, 0.29) is 23.5 Å². The molecule has 1 heterocycles. The second kappa shape index (κ2) is 10.7. The van der Waals surface area contributed by atoms with E-state index < -0.39 is 12.0 Å². The van der Waals surface area contributed by atoms with Crippen LogP contribution < -0.4 is 4.74 Å². The van der Waals surface area contributed by atoms with Crippen molar-refractivity contribution in [1.82, 2.24) is 4.98 Å². The number of hydrogen-bond acceptors (Lipinski definition) is 4. The number of hydrogen-bond donors (Lipinski definition) is 0. The molecule has 2 unspecified atom stereocenters. The van der Waals surface area contributed by atoms with Gasteiger partial charge in [0.25, 0.3) is 0 Å². The second-order valence-corrected chi connectivity index (χ2v) is 7.72. The summed E-state index contributed by atoms with van der Waals surface area (Å²) in [5, 5.41) is 0. The Morgan fingerprint density at radius 1 is 0.906 bits per heavy atom. The first-order valence-corrected chi connectivity index (χ1v) is 10.4. The number of rotatable bonds is 8. The van der Waals surface area contributed by atoms with Crippen molar-refractivity contribution < 1.29 is 23.0 Å². The molecule has 0 bridgehead atoms. The van der Waals surface area contributed by atoms with Crippen LogP contribution in [0.4, 0.5) is 8.78 Å². The molecule has 0 N–H and O–H groups in total. The van der Waals surface area contributed by atoms with Gasteiger partial charge in [-0.05, 0) is 60.9 Å². The van der Waals surface area contributed by atoms with Crippen LogP contribution in [0, 0.1) is 23.5 Å². The molecule has 6 heteroatoms. The first-order chi connectivity index (χ1) is 15.3.